The van der Waals surface area contributed by atoms with Crippen molar-refractivity contribution in [1.29, 1.82) is 0 Å². The number of nitrogen functional groups attached to an aromatic ring is 1. The van der Waals surface area contributed by atoms with Crippen molar-refractivity contribution in [3.8, 4) is 0 Å². The second-order valence-corrected chi connectivity index (χ2v) is 5.25. The van der Waals surface area contributed by atoms with E-state index >= 15 is 0 Å². The standard InChI is InChI=1S/C18H17N3O3/c1-23-10-12-6-8-13(9-7-12)18(22)24-11-16-20-15-5-3-2-4-14(15)17(19)21-16/h2-9H,10-11H2,1H3,(H2,19,20,21). The van der Waals surface area contributed by atoms with E-state index in [0.717, 1.165) is 16.5 Å². The lowest BCUT2D eigenvalue weighted by molar-refractivity contribution is 0.0462. The smallest absolute Gasteiger partial charge is 0.338 e. The number of hydrogen-bond donors (Lipinski definition) is 1. The second kappa shape index (κ2) is 7.06. The van der Waals surface area contributed by atoms with Crippen LogP contribution in [-0.2, 0) is 22.7 Å². The molecule has 1 aromatic heterocycles. The number of nitrogens with zero attached hydrogens (tertiary/aromatic N) is 2. The monoisotopic (exact) mass is 323 g/mol. The van der Waals surface area contributed by atoms with Crippen LogP contribution in [0.15, 0.2) is 48.5 Å². The van der Waals surface area contributed by atoms with Crippen LogP contribution in [0.2, 0.25) is 0 Å². The lowest BCUT2D eigenvalue weighted by atomic mass is 10.1. The third-order valence-electron chi connectivity index (χ3n) is 3.51. The quantitative estimate of drug-likeness (QED) is 0.726. The summed E-state index contributed by atoms with van der Waals surface area (Å²) in [4.78, 5) is 20.6. The zero-order valence-electron chi connectivity index (χ0n) is 13.2. The van der Waals surface area contributed by atoms with Crippen LogP contribution in [-0.4, -0.2) is 23.0 Å². The predicted octanol–water partition coefficient (Wildman–Crippen LogP) is 2.72. The van der Waals surface area contributed by atoms with Crippen LogP contribution in [0.3, 0.4) is 0 Å². The highest BCUT2D eigenvalue weighted by molar-refractivity contribution is 5.89. The molecule has 122 valence electrons. The van der Waals surface area contributed by atoms with Gasteiger partial charge in [-0.3, -0.25) is 0 Å². The zero-order valence-corrected chi connectivity index (χ0v) is 13.2. The molecule has 2 N–H and O–H groups in total. The van der Waals surface area contributed by atoms with E-state index in [2.05, 4.69) is 9.97 Å². The van der Waals surface area contributed by atoms with Gasteiger partial charge in [0.25, 0.3) is 0 Å². The number of nitrogens with two attached hydrogens (primary N) is 1. The van der Waals surface area contributed by atoms with Crippen LogP contribution in [0.5, 0.6) is 0 Å². The summed E-state index contributed by atoms with van der Waals surface area (Å²) in [7, 11) is 1.62. The Bertz CT molecular complexity index is 863. The van der Waals surface area contributed by atoms with E-state index in [-0.39, 0.29) is 6.61 Å². The van der Waals surface area contributed by atoms with Crippen molar-refractivity contribution in [2.45, 2.75) is 13.2 Å². The van der Waals surface area contributed by atoms with Gasteiger partial charge in [0.2, 0.25) is 0 Å². The predicted molar refractivity (Wildman–Crippen MR) is 90.2 cm³/mol. The molecule has 0 aliphatic carbocycles. The highest BCUT2D eigenvalue weighted by Crippen LogP contribution is 2.17. The summed E-state index contributed by atoms with van der Waals surface area (Å²) in [6, 6.07) is 14.5. The molecular formula is C18H17N3O3. The fourth-order valence-corrected chi connectivity index (χ4v) is 2.33. The second-order valence-electron chi connectivity index (χ2n) is 5.25. The van der Waals surface area contributed by atoms with Crippen LogP contribution < -0.4 is 5.73 Å². The van der Waals surface area contributed by atoms with Gasteiger partial charge < -0.3 is 15.2 Å². The molecule has 0 amide bonds. The Labute approximate surface area is 139 Å². The number of ether oxygens (including phenoxy) is 2. The van der Waals surface area contributed by atoms with Gasteiger partial charge in [-0.1, -0.05) is 24.3 Å². The molecule has 0 spiro atoms. The van der Waals surface area contributed by atoms with E-state index in [0.29, 0.717) is 23.8 Å². The Balaban J connectivity index is 1.69. The topological polar surface area (TPSA) is 87.3 Å². The Morgan fingerprint density at radius 1 is 1.04 bits per heavy atom. The van der Waals surface area contributed by atoms with E-state index in [1.54, 1.807) is 19.2 Å². The summed E-state index contributed by atoms with van der Waals surface area (Å²) in [6.07, 6.45) is 0. The molecule has 6 nitrogen and oxygen atoms in total. The minimum Gasteiger partial charge on any atom is -0.454 e. The van der Waals surface area contributed by atoms with E-state index in [9.17, 15) is 4.79 Å². The first-order valence-electron chi connectivity index (χ1n) is 7.43. The molecule has 6 heteroatoms. The number of rotatable bonds is 5. The first-order chi connectivity index (χ1) is 11.7. The normalized spacial score (nSPS) is 10.7. The molecule has 1 heterocycles. The van der Waals surface area contributed by atoms with E-state index in [1.807, 2.05) is 36.4 Å². The van der Waals surface area contributed by atoms with Crippen molar-refractivity contribution in [1.82, 2.24) is 9.97 Å². The Morgan fingerprint density at radius 2 is 1.79 bits per heavy atom. The van der Waals surface area contributed by atoms with E-state index in [1.165, 1.54) is 0 Å². The maximum atomic E-state index is 12.1. The summed E-state index contributed by atoms with van der Waals surface area (Å²) in [5.41, 5.74) is 8.09. The van der Waals surface area contributed by atoms with Crippen molar-refractivity contribution in [3.05, 3.63) is 65.5 Å². The molecule has 0 unspecified atom stereocenters. The average molecular weight is 323 g/mol. The average Bonchev–Trinajstić information content (AvgIpc) is 2.61. The SMILES string of the molecule is COCc1ccc(C(=O)OCc2nc(N)c3ccccc3n2)cc1. The molecule has 0 radical (unpaired) electrons. The molecular weight excluding hydrogens is 306 g/mol. The molecule has 0 fully saturated rings. The first-order valence-corrected chi connectivity index (χ1v) is 7.43. The lowest BCUT2D eigenvalue weighted by Crippen LogP contribution is -2.09. The number of carbonyl (C=O) groups is 1. The highest BCUT2D eigenvalue weighted by atomic mass is 16.5. The summed E-state index contributed by atoms with van der Waals surface area (Å²) in [5.74, 6) is 0.306. The van der Waals surface area contributed by atoms with Crippen LogP contribution in [0, 0.1) is 0 Å². The molecule has 3 aromatic rings. The lowest BCUT2D eigenvalue weighted by Gasteiger charge is -2.07. The molecule has 0 saturated heterocycles. The number of anilines is 1. The molecule has 0 bridgehead atoms. The summed E-state index contributed by atoms with van der Waals surface area (Å²) < 4.78 is 10.3. The van der Waals surface area contributed by atoms with Crippen LogP contribution in [0.25, 0.3) is 10.9 Å². The van der Waals surface area contributed by atoms with Crippen molar-refractivity contribution < 1.29 is 14.3 Å². The number of esters is 1. The van der Waals surface area contributed by atoms with Gasteiger partial charge in [-0.05, 0) is 29.8 Å². The first kappa shape index (κ1) is 15.9. The van der Waals surface area contributed by atoms with Gasteiger partial charge in [-0.2, -0.15) is 0 Å². The number of para-hydroxylation sites is 1. The molecule has 0 saturated carbocycles. The highest BCUT2D eigenvalue weighted by Gasteiger charge is 2.10. The van der Waals surface area contributed by atoms with Crippen LogP contribution in [0.1, 0.15) is 21.7 Å². The Kier molecular flexibility index (Phi) is 4.67. The van der Waals surface area contributed by atoms with Gasteiger partial charge in [0.1, 0.15) is 5.82 Å². The summed E-state index contributed by atoms with van der Waals surface area (Å²) in [5, 5.41) is 0.779. The molecule has 0 aliphatic rings. The van der Waals surface area contributed by atoms with Gasteiger partial charge in [-0.15, -0.1) is 0 Å². The third-order valence-corrected chi connectivity index (χ3v) is 3.51. The van der Waals surface area contributed by atoms with Gasteiger partial charge in [0.05, 0.1) is 17.7 Å². The minimum absolute atomic E-state index is 0.0340. The van der Waals surface area contributed by atoms with Gasteiger partial charge >= 0.3 is 5.97 Å². The zero-order chi connectivity index (χ0) is 16.9. The number of methoxy groups -OCH3 is 1. The van der Waals surface area contributed by atoms with E-state index < -0.39 is 5.97 Å². The van der Waals surface area contributed by atoms with Crippen molar-refractivity contribution >= 4 is 22.7 Å². The molecule has 0 aliphatic heterocycles. The van der Waals surface area contributed by atoms with Gasteiger partial charge in [0.15, 0.2) is 12.4 Å². The van der Waals surface area contributed by atoms with Crippen molar-refractivity contribution in [2.24, 2.45) is 0 Å². The van der Waals surface area contributed by atoms with Gasteiger partial charge in [0, 0.05) is 12.5 Å². The Morgan fingerprint density at radius 3 is 2.54 bits per heavy atom. The molecule has 24 heavy (non-hydrogen) atoms. The summed E-state index contributed by atoms with van der Waals surface area (Å²) >= 11 is 0. The number of benzene rings is 2. The maximum absolute atomic E-state index is 12.1. The minimum atomic E-state index is -0.436. The maximum Gasteiger partial charge on any atom is 0.338 e. The fourth-order valence-electron chi connectivity index (χ4n) is 2.33. The number of hydrogen-bond acceptors (Lipinski definition) is 6. The summed E-state index contributed by atoms with van der Waals surface area (Å²) in [6.45, 7) is 0.466. The largest absolute Gasteiger partial charge is 0.454 e. The van der Waals surface area contributed by atoms with Crippen molar-refractivity contribution in [2.75, 3.05) is 12.8 Å². The van der Waals surface area contributed by atoms with Gasteiger partial charge in [-0.25, -0.2) is 14.8 Å². The molecule has 2 aromatic carbocycles. The Hall–Kier alpha value is -2.99. The third kappa shape index (κ3) is 3.49. The van der Waals surface area contributed by atoms with Crippen LogP contribution in [0.4, 0.5) is 5.82 Å². The number of carbonyl (C=O) groups excluding carboxylic acids is 1. The fraction of sp³-hybridized carbons (Fsp3) is 0.167. The van der Waals surface area contributed by atoms with Crippen molar-refractivity contribution in [3.63, 3.8) is 0 Å². The number of aromatic nitrogens is 2. The number of fused-ring (bicyclic) bond motifs is 1. The van der Waals surface area contributed by atoms with E-state index in [4.69, 9.17) is 15.2 Å². The molecule has 3 rings (SSSR count). The molecule has 0 atom stereocenters. The van der Waals surface area contributed by atoms with Crippen LogP contribution >= 0.6 is 0 Å².